The van der Waals surface area contributed by atoms with Crippen LogP contribution in [0.4, 0.5) is 13.2 Å². The second kappa shape index (κ2) is 12.8. The van der Waals surface area contributed by atoms with E-state index in [9.17, 15) is 13.2 Å². The number of benzene rings is 1. The van der Waals surface area contributed by atoms with Crippen LogP contribution in [0.5, 0.6) is 0 Å². The fraction of sp³-hybridized carbons (Fsp3) is 0.500. The quantitative estimate of drug-likeness (QED) is 0.281. The summed E-state index contributed by atoms with van der Waals surface area (Å²) < 4.78 is 46.7. The smallest absolute Gasteiger partial charge is 0.367 e. The molecule has 1 aromatic carbocycles. The summed E-state index contributed by atoms with van der Waals surface area (Å²) in [7, 11) is 1.67. The lowest BCUT2D eigenvalue weighted by atomic mass is 10.1. The van der Waals surface area contributed by atoms with Gasteiger partial charge in [0.05, 0.1) is 12.3 Å². The maximum atomic E-state index is 12.2. The lowest BCUT2D eigenvalue weighted by Crippen LogP contribution is -2.36. The molecule has 6 nitrogen and oxygen atoms in total. The molecule has 168 valence electrons. The van der Waals surface area contributed by atoms with E-state index in [0.29, 0.717) is 24.6 Å². The van der Waals surface area contributed by atoms with E-state index in [0.717, 1.165) is 35.4 Å². The summed E-state index contributed by atoms with van der Waals surface area (Å²) in [5.41, 5.74) is 3.56. The number of hydrogen-bond acceptors (Lipinski definition) is 4. The highest BCUT2D eigenvalue weighted by Gasteiger charge is 2.27. The largest absolute Gasteiger partial charge is 0.411 e. The molecule has 0 bridgehead atoms. The molecule has 2 aromatic rings. The third kappa shape index (κ3) is 8.50. The number of hydrogen-bond donors (Lipinski definition) is 2. The first-order valence-corrected chi connectivity index (χ1v) is 9.49. The summed E-state index contributed by atoms with van der Waals surface area (Å²) in [5.74, 6) is 1.46. The Morgan fingerprint density at radius 3 is 2.47 bits per heavy atom. The Morgan fingerprint density at radius 1 is 1.13 bits per heavy atom. The number of aliphatic imine (C=N–C) groups is 1. The third-order valence-electron chi connectivity index (χ3n) is 4.25. The van der Waals surface area contributed by atoms with Crippen LogP contribution >= 0.6 is 24.0 Å². The monoisotopic (exact) mass is 540 g/mol. The molecule has 10 heteroatoms. The zero-order chi connectivity index (χ0) is 21.3. The van der Waals surface area contributed by atoms with E-state index in [4.69, 9.17) is 9.26 Å². The van der Waals surface area contributed by atoms with Gasteiger partial charge in [-0.25, -0.2) is 0 Å². The van der Waals surface area contributed by atoms with Crippen LogP contribution in [0.15, 0.2) is 33.8 Å². The van der Waals surface area contributed by atoms with Crippen molar-refractivity contribution in [3.8, 4) is 0 Å². The Bertz CT molecular complexity index is 788. The molecule has 0 aliphatic heterocycles. The highest BCUT2D eigenvalue weighted by molar-refractivity contribution is 14.0. The van der Waals surface area contributed by atoms with Gasteiger partial charge >= 0.3 is 6.18 Å². The predicted octanol–water partition coefficient (Wildman–Crippen LogP) is 4.36. The molecule has 0 spiro atoms. The van der Waals surface area contributed by atoms with Crippen LogP contribution in [0.25, 0.3) is 0 Å². The molecule has 30 heavy (non-hydrogen) atoms. The van der Waals surface area contributed by atoms with Crippen LogP contribution in [0, 0.1) is 0 Å². The Hall–Kier alpha value is -1.82. The van der Waals surface area contributed by atoms with Crippen LogP contribution in [-0.4, -0.2) is 30.9 Å². The van der Waals surface area contributed by atoms with Gasteiger partial charge in [0.1, 0.15) is 12.4 Å². The molecule has 0 amide bonds. The molecule has 0 unspecified atom stereocenters. The fourth-order valence-electron chi connectivity index (χ4n) is 2.83. The zero-order valence-electron chi connectivity index (χ0n) is 17.3. The molecule has 1 heterocycles. The van der Waals surface area contributed by atoms with Crippen LogP contribution in [-0.2, 0) is 37.3 Å². The van der Waals surface area contributed by atoms with Gasteiger partial charge in [0.25, 0.3) is 0 Å². The number of aromatic nitrogens is 1. The molecule has 2 N–H and O–H groups in total. The van der Waals surface area contributed by atoms with E-state index >= 15 is 0 Å². The number of halogens is 4. The Kier molecular flexibility index (Phi) is 11.2. The highest BCUT2D eigenvalue weighted by atomic mass is 127. The first-order valence-electron chi connectivity index (χ1n) is 9.49. The van der Waals surface area contributed by atoms with Gasteiger partial charge < -0.3 is 19.9 Å². The maximum Gasteiger partial charge on any atom is 0.411 e. The van der Waals surface area contributed by atoms with Gasteiger partial charge in [0.15, 0.2) is 5.96 Å². The van der Waals surface area contributed by atoms with Crippen LogP contribution < -0.4 is 10.6 Å². The SMILES string of the molecule is CCc1noc(CC)c1CNC(=NC)NCc1cccc(COCC(F)(F)F)c1.I. The van der Waals surface area contributed by atoms with Gasteiger partial charge in [-0.2, -0.15) is 13.2 Å². The van der Waals surface area contributed by atoms with Gasteiger partial charge in [-0.3, -0.25) is 4.99 Å². The highest BCUT2D eigenvalue weighted by Crippen LogP contribution is 2.16. The number of alkyl halides is 3. The van der Waals surface area contributed by atoms with Crippen molar-refractivity contribution < 1.29 is 22.4 Å². The number of rotatable bonds is 9. The number of nitrogens with zero attached hydrogens (tertiary/aromatic N) is 2. The molecular weight excluding hydrogens is 512 g/mol. The molecule has 0 aliphatic rings. The molecule has 0 saturated heterocycles. The standard InChI is InChI=1S/C20H27F3N4O2.HI/c1-4-17-16(18(5-2)29-27-17)11-26-19(24-3)25-10-14-7-6-8-15(9-14)12-28-13-20(21,22)23;/h6-9H,4-5,10-13H2,1-3H3,(H2,24,25,26);1H. The summed E-state index contributed by atoms with van der Waals surface area (Å²) in [6.45, 7) is 3.71. The Balaban J connectivity index is 0.00000450. The van der Waals surface area contributed by atoms with Gasteiger partial charge in [-0.05, 0) is 17.5 Å². The molecule has 0 saturated carbocycles. The Morgan fingerprint density at radius 2 is 1.83 bits per heavy atom. The summed E-state index contributed by atoms with van der Waals surface area (Å²) >= 11 is 0. The second-order valence-corrected chi connectivity index (χ2v) is 6.45. The molecular formula is C20H28F3IN4O2. The molecule has 0 atom stereocenters. The lowest BCUT2D eigenvalue weighted by Gasteiger charge is -2.13. The van der Waals surface area contributed by atoms with Gasteiger partial charge in [0.2, 0.25) is 0 Å². The van der Waals surface area contributed by atoms with Crippen molar-refractivity contribution in [2.24, 2.45) is 4.99 Å². The minimum atomic E-state index is -4.32. The summed E-state index contributed by atoms with van der Waals surface area (Å²) in [5, 5.41) is 10.5. The summed E-state index contributed by atoms with van der Waals surface area (Å²) in [6.07, 6.45) is -2.77. The summed E-state index contributed by atoms with van der Waals surface area (Å²) in [4.78, 5) is 4.21. The topological polar surface area (TPSA) is 71.7 Å². The molecule has 2 rings (SSSR count). The number of aryl methyl sites for hydroxylation is 2. The third-order valence-corrected chi connectivity index (χ3v) is 4.25. The number of ether oxygens (including phenoxy) is 1. The molecule has 1 aromatic heterocycles. The van der Waals surface area contributed by atoms with E-state index in [1.54, 1.807) is 25.2 Å². The van der Waals surface area contributed by atoms with Gasteiger partial charge in [-0.15, -0.1) is 24.0 Å². The maximum absolute atomic E-state index is 12.2. The predicted molar refractivity (Wildman–Crippen MR) is 120 cm³/mol. The van der Waals surface area contributed by atoms with E-state index in [2.05, 4.69) is 20.8 Å². The van der Waals surface area contributed by atoms with Gasteiger partial charge in [-0.1, -0.05) is 43.3 Å². The van der Waals surface area contributed by atoms with Crippen molar-refractivity contribution in [3.05, 3.63) is 52.4 Å². The van der Waals surface area contributed by atoms with E-state index in [1.165, 1.54) is 0 Å². The van der Waals surface area contributed by atoms with Crippen LogP contribution in [0.2, 0.25) is 0 Å². The zero-order valence-corrected chi connectivity index (χ0v) is 19.6. The first kappa shape index (κ1) is 26.2. The van der Waals surface area contributed by atoms with E-state index < -0.39 is 12.8 Å². The van der Waals surface area contributed by atoms with Crippen molar-refractivity contribution in [2.45, 2.75) is 52.6 Å². The van der Waals surface area contributed by atoms with Crippen molar-refractivity contribution in [1.82, 2.24) is 15.8 Å². The fourth-order valence-corrected chi connectivity index (χ4v) is 2.83. The van der Waals surface area contributed by atoms with Crippen molar-refractivity contribution in [1.29, 1.82) is 0 Å². The number of guanidine groups is 1. The second-order valence-electron chi connectivity index (χ2n) is 6.45. The van der Waals surface area contributed by atoms with Crippen LogP contribution in [0.3, 0.4) is 0 Å². The van der Waals surface area contributed by atoms with Gasteiger partial charge in [0, 0.05) is 32.1 Å². The summed E-state index contributed by atoms with van der Waals surface area (Å²) in [6, 6.07) is 7.22. The van der Waals surface area contributed by atoms with E-state index in [-0.39, 0.29) is 30.6 Å². The average molecular weight is 540 g/mol. The van der Waals surface area contributed by atoms with Crippen molar-refractivity contribution in [2.75, 3.05) is 13.7 Å². The minimum absolute atomic E-state index is 0. The normalized spacial score (nSPS) is 11.9. The number of nitrogens with one attached hydrogen (secondary N) is 2. The average Bonchev–Trinajstić information content (AvgIpc) is 3.09. The van der Waals surface area contributed by atoms with Crippen LogP contribution in [0.1, 0.15) is 42.0 Å². The van der Waals surface area contributed by atoms with E-state index in [1.807, 2.05) is 19.9 Å². The minimum Gasteiger partial charge on any atom is -0.367 e. The molecule has 0 radical (unpaired) electrons. The Labute approximate surface area is 191 Å². The van der Waals surface area contributed by atoms with Crippen molar-refractivity contribution in [3.63, 3.8) is 0 Å². The lowest BCUT2D eigenvalue weighted by molar-refractivity contribution is -0.176. The first-order chi connectivity index (χ1) is 13.9. The molecule has 0 fully saturated rings. The van der Waals surface area contributed by atoms with Crippen molar-refractivity contribution >= 4 is 29.9 Å². The molecule has 0 aliphatic carbocycles.